The minimum atomic E-state index is 0.0550. The molecule has 3 nitrogen and oxygen atoms in total. The number of amides is 1. The molecular weight excluding hydrogens is 202 g/mol. The highest BCUT2D eigenvalue weighted by Crippen LogP contribution is 2.12. The summed E-state index contributed by atoms with van der Waals surface area (Å²) in [6.07, 6.45) is 2.52. The van der Waals surface area contributed by atoms with Crippen molar-refractivity contribution in [2.75, 3.05) is 0 Å². The van der Waals surface area contributed by atoms with Crippen LogP contribution >= 0.6 is 11.6 Å². The van der Waals surface area contributed by atoms with Crippen LogP contribution < -0.4 is 5.32 Å². The standard InChI is InChI=1S/C10H14ClNO2/c1-2-3-4-10(13)12-7-8-5-6-9(11)14-8/h5-6H,2-4,7H2,1H3,(H,12,13). The molecule has 0 saturated heterocycles. The molecule has 0 radical (unpaired) electrons. The summed E-state index contributed by atoms with van der Waals surface area (Å²) < 4.78 is 5.09. The molecule has 0 spiro atoms. The summed E-state index contributed by atoms with van der Waals surface area (Å²) in [5.74, 6) is 0.735. The third-order valence-corrected chi connectivity index (χ3v) is 2.05. The summed E-state index contributed by atoms with van der Waals surface area (Å²) in [4.78, 5) is 11.2. The molecule has 1 aromatic heterocycles. The van der Waals surface area contributed by atoms with Crippen molar-refractivity contribution in [3.8, 4) is 0 Å². The van der Waals surface area contributed by atoms with Crippen molar-refractivity contribution in [1.29, 1.82) is 0 Å². The predicted octanol–water partition coefficient (Wildman–Crippen LogP) is 2.74. The molecule has 0 saturated carbocycles. The van der Waals surface area contributed by atoms with Gasteiger partial charge >= 0.3 is 0 Å². The van der Waals surface area contributed by atoms with Crippen LogP contribution in [0.4, 0.5) is 0 Å². The lowest BCUT2D eigenvalue weighted by molar-refractivity contribution is -0.121. The molecule has 0 aliphatic carbocycles. The highest BCUT2D eigenvalue weighted by molar-refractivity contribution is 6.28. The van der Waals surface area contributed by atoms with Gasteiger partial charge in [-0.3, -0.25) is 4.79 Å². The number of furan rings is 1. The van der Waals surface area contributed by atoms with Crippen molar-refractivity contribution < 1.29 is 9.21 Å². The quantitative estimate of drug-likeness (QED) is 0.821. The van der Waals surface area contributed by atoms with Gasteiger partial charge in [0.1, 0.15) is 5.76 Å². The first-order valence-corrected chi connectivity index (χ1v) is 5.11. The fourth-order valence-corrected chi connectivity index (χ4v) is 1.22. The second-order valence-corrected chi connectivity index (χ2v) is 3.46. The Morgan fingerprint density at radius 2 is 2.36 bits per heavy atom. The molecule has 4 heteroatoms. The van der Waals surface area contributed by atoms with Crippen molar-refractivity contribution in [3.05, 3.63) is 23.1 Å². The maximum absolute atomic E-state index is 11.2. The van der Waals surface area contributed by atoms with E-state index in [1.807, 2.05) is 0 Å². The van der Waals surface area contributed by atoms with Gasteiger partial charge in [0, 0.05) is 6.42 Å². The molecule has 0 aromatic carbocycles. The average Bonchev–Trinajstić information content (AvgIpc) is 2.58. The van der Waals surface area contributed by atoms with Gasteiger partial charge in [-0.25, -0.2) is 0 Å². The van der Waals surface area contributed by atoms with Crippen LogP contribution in [0.15, 0.2) is 16.5 Å². The van der Waals surface area contributed by atoms with E-state index in [0.717, 1.165) is 12.8 Å². The first-order valence-electron chi connectivity index (χ1n) is 4.73. The zero-order valence-electron chi connectivity index (χ0n) is 8.18. The molecular formula is C10H14ClNO2. The van der Waals surface area contributed by atoms with Gasteiger partial charge in [0.05, 0.1) is 6.54 Å². The van der Waals surface area contributed by atoms with Gasteiger partial charge in [0.2, 0.25) is 5.91 Å². The molecule has 78 valence electrons. The maximum Gasteiger partial charge on any atom is 0.220 e. The van der Waals surface area contributed by atoms with E-state index in [1.54, 1.807) is 12.1 Å². The number of rotatable bonds is 5. The largest absolute Gasteiger partial charge is 0.448 e. The fraction of sp³-hybridized carbons (Fsp3) is 0.500. The average molecular weight is 216 g/mol. The van der Waals surface area contributed by atoms with E-state index in [-0.39, 0.29) is 5.91 Å². The van der Waals surface area contributed by atoms with Gasteiger partial charge in [-0.2, -0.15) is 0 Å². The van der Waals surface area contributed by atoms with Crippen molar-refractivity contribution in [2.45, 2.75) is 32.7 Å². The lowest BCUT2D eigenvalue weighted by Crippen LogP contribution is -2.21. The molecule has 0 atom stereocenters. The number of hydrogen-bond donors (Lipinski definition) is 1. The molecule has 0 fully saturated rings. The highest BCUT2D eigenvalue weighted by atomic mass is 35.5. The Bertz CT molecular complexity index is 296. The zero-order chi connectivity index (χ0) is 10.4. The van der Waals surface area contributed by atoms with Crippen molar-refractivity contribution >= 4 is 17.5 Å². The number of halogens is 1. The number of carbonyl (C=O) groups excluding carboxylic acids is 1. The maximum atomic E-state index is 11.2. The highest BCUT2D eigenvalue weighted by Gasteiger charge is 2.02. The van der Waals surface area contributed by atoms with Crippen LogP contribution in [0, 0.1) is 0 Å². The van der Waals surface area contributed by atoms with E-state index >= 15 is 0 Å². The normalized spacial score (nSPS) is 10.1. The van der Waals surface area contributed by atoms with Crippen LogP contribution in [0.5, 0.6) is 0 Å². The van der Waals surface area contributed by atoms with Crippen molar-refractivity contribution in [2.24, 2.45) is 0 Å². The van der Waals surface area contributed by atoms with Gasteiger partial charge in [-0.05, 0) is 30.2 Å². The van der Waals surface area contributed by atoms with E-state index in [0.29, 0.717) is 23.9 Å². The first-order chi connectivity index (χ1) is 6.72. The summed E-state index contributed by atoms with van der Waals surface area (Å²) in [6.45, 7) is 2.47. The molecule has 1 N–H and O–H groups in total. The summed E-state index contributed by atoms with van der Waals surface area (Å²) in [5, 5.41) is 3.11. The number of unbranched alkanes of at least 4 members (excludes halogenated alkanes) is 1. The Morgan fingerprint density at radius 1 is 1.57 bits per heavy atom. The third kappa shape index (κ3) is 3.83. The Kier molecular flexibility index (Phi) is 4.53. The minimum absolute atomic E-state index is 0.0550. The van der Waals surface area contributed by atoms with Crippen LogP contribution in [0.25, 0.3) is 0 Å². The Balaban J connectivity index is 2.23. The Labute approximate surface area is 88.4 Å². The number of nitrogens with one attached hydrogen (secondary N) is 1. The second-order valence-electron chi connectivity index (χ2n) is 3.09. The monoisotopic (exact) mass is 215 g/mol. The van der Waals surface area contributed by atoms with Gasteiger partial charge in [0.15, 0.2) is 5.22 Å². The van der Waals surface area contributed by atoms with Gasteiger partial charge in [-0.1, -0.05) is 13.3 Å². The van der Waals surface area contributed by atoms with Crippen LogP contribution in [0.2, 0.25) is 5.22 Å². The van der Waals surface area contributed by atoms with E-state index in [4.69, 9.17) is 16.0 Å². The summed E-state index contributed by atoms with van der Waals surface area (Å²) in [6, 6.07) is 3.41. The first kappa shape index (κ1) is 11.1. The molecule has 0 aliphatic heterocycles. The number of hydrogen-bond acceptors (Lipinski definition) is 2. The molecule has 1 heterocycles. The lowest BCUT2D eigenvalue weighted by Gasteiger charge is -2.01. The lowest BCUT2D eigenvalue weighted by atomic mass is 10.2. The van der Waals surface area contributed by atoms with Gasteiger partial charge < -0.3 is 9.73 Å². The van der Waals surface area contributed by atoms with Gasteiger partial charge in [0.25, 0.3) is 0 Å². The molecule has 0 bridgehead atoms. The molecule has 1 aromatic rings. The zero-order valence-corrected chi connectivity index (χ0v) is 8.93. The van der Waals surface area contributed by atoms with E-state index in [9.17, 15) is 4.79 Å². The Morgan fingerprint density at radius 3 is 2.93 bits per heavy atom. The topological polar surface area (TPSA) is 42.2 Å². The minimum Gasteiger partial charge on any atom is -0.448 e. The Hall–Kier alpha value is -0.960. The second kappa shape index (κ2) is 5.70. The van der Waals surface area contributed by atoms with Crippen LogP contribution in [-0.2, 0) is 11.3 Å². The van der Waals surface area contributed by atoms with E-state index < -0.39 is 0 Å². The van der Waals surface area contributed by atoms with Crippen LogP contribution in [0.1, 0.15) is 31.9 Å². The summed E-state index contributed by atoms with van der Waals surface area (Å²) in [5.41, 5.74) is 0. The molecule has 0 aliphatic rings. The van der Waals surface area contributed by atoms with E-state index in [1.165, 1.54) is 0 Å². The SMILES string of the molecule is CCCCC(=O)NCc1ccc(Cl)o1. The third-order valence-electron chi connectivity index (χ3n) is 1.85. The van der Waals surface area contributed by atoms with Crippen LogP contribution in [0.3, 0.4) is 0 Å². The van der Waals surface area contributed by atoms with Gasteiger partial charge in [-0.15, -0.1) is 0 Å². The number of carbonyl (C=O) groups is 1. The molecule has 0 unspecified atom stereocenters. The van der Waals surface area contributed by atoms with Crippen molar-refractivity contribution in [1.82, 2.24) is 5.32 Å². The summed E-state index contributed by atoms with van der Waals surface area (Å²) in [7, 11) is 0. The smallest absolute Gasteiger partial charge is 0.220 e. The van der Waals surface area contributed by atoms with Crippen molar-refractivity contribution in [3.63, 3.8) is 0 Å². The molecule has 14 heavy (non-hydrogen) atoms. The summed E-state index contributed by atoms with van der Waals surface area (Å²) >= 11 is 5.58. The molecule has 1 rings (SSSR count). The van der Waals surface area contributed by atoms with Crippen LogP contribution in [-0.4, -0.2) is 5.91 Å². The van der Waals surface area contributed by atoms with E-state index in [2.05, 4.69) is 12.2 Å². The fourth-order valence-electron chi connectivity index (χ4n) is 1.06. The predicted molar refractivity (Wildman–Crippen MR) is 55.1 cm³/mol. The molecule has 1 amide bonds.